The van der Waals surface area contributed by atoms with Crippen molar-refractivity contribution in [1.29, 1.82) is 0 Å². The summed E-state index contributed by atoms with van der Waals surface area (Å²) in [4.78, 5) is 23.5. The topological polar surface area (TPSA) is 66.4 Å². The second kappa shape index (κ2) is 7.54. The molecule has 0 saturated carbocycles. The molecular formula is C18H25NO3. The number of ketones is 1. The molecule has 0 bridgehead atoms. The Morgan fingerprint density at radius 2 is 2.14 bits per heavy atom. The van der Waals surface area contributed by atoms with E-state index in [9.17, 15) is 14.7 Å². The van der Waals surface area contributed by atoms with Crippen LogP contribution in [0, 0.1) is 17.8 Å². The van der Waals surface area contributed by atoms with E-state index in [0.29, 0.717) is 18.9 Å². The van der Waals surface area contributed by atoms with E-state index >= 15 is 0 Å². The first-order valence-electron chi connectivity index (χ1n) is 8.42. The SMILES string of the molecule is [2H]c1cc(CC(=O)C(C)C)cc(CC(C(=O)O)C2CCNC2)c1. The first-order valence-corrected chi connectivity index (χ1v) is 7.92. The van der Waals surface area contributed by atoms with Gasteiger partial charge in [0.05, 0.1) is 7.29 Å². The van der Waals surface area contributed by atoms with Gasteiger partial charge in [0.15, 0.2) is 0 Å². The number of carbonyl (C=O) groups excluding carboxylic acids is 1. The summed E-state index contributed by atoms with van der Waals surface area (Å²) in [5.74, 6) is -1.00. The lowest BCUT2D eigenvalue weighted by molar-refractivity contribution is -0.143. The second-order valence-electron chi connectivity index (χ2n) is 6.45. The third-order valence-electron chi connectivity index (χ3n) is 4.37. The summed E-state index contributed by atoms with van der Waals surface area (Å²) in [5, 5.41) is 12.7. The summed E-state index contributed by atoms with van der Waals surface area (Å²) in [7, 11) is 0. The highest BCUT2D eigenvalue weighted by molar-refractivity contribution is 5.82. The van der Waals surface area contributed by atoms with Crippen LogP contribution in [0.1, 0.15) is 32.8 Å². The number of rotatable bonds is 7. The Hall–Kier alpha value is -1.68. The molecule has 4 nitrogen and oxygen atoms in total. The number of carbonyl (C=O) groups is 2. The van der Waals surface area contributed by atoms with E-state index in [1.54, 1.807) is 12.1 Å². The van der Waals surface area contributed by atoms with Crippen molar-refractivity contribution in [3.8, 4) is 0 Å². The largest absolute Gasteiger partial charge is 0.481 e. The van der Waals surface area contributed by atoms with Crippen LogP contribution in [-0.2, 0) is 22.4 Å². The lowest BCUT2D eigenvalue weighted by atomic mass is 9.85. The Bertz CT molecular complexity index is 580. The van der Waals surface area contributed by atoms with Gasteiger partial charge in [0, 0.05) is 12.3 Å². The zero-order valence-electron chi connectivity index (χ0n) is 14.3. The van der Waals surface area contributed by atoms with Gasteiger partial charge in [0.2, 0.25) is 0 Å². The quantitative estimate of drug-likeness (QED) is 0.811. The number of carboxylic acid groups (broad SMARTS) is 1. The van der Waals surface area contributed by atoms with Gasteiger partial charge in [0.25, 0.3) is 0 Å². The number of benzene rings is 1. The Balaban J connectivity index is 2.16. The molecule has 2 unspecified atom stereocenters. The highest BCUT2D eigenvalue weighted by Crippen LogP contribution is 2.24. The molecule has 1 aromatic rings. The third kappa shape index (κ3) is 4.41. The summed E-state index contributed by atoms with van der Waals surface area (Å²) >= 11 is 0. The molecule has 1 aromatic carbocycles. The first-order chi connectivity index (χ1) is 10.9. The van der Waals surface area contributed by atoms with E-state index in [-0.39, 0.29) is 17.6 Å². The minimum absolute atomic E-state index is 0.0378. The summed E-state index contributed by atoms with van der Waals surface area (Å²) in [6.45, 7) is 5.32. The molecule has 0 radical (unpaired) electrons. The standard InChI is InChI=1S/C18H25NO3/c1-12(2)17(20)10-14-5-3-4-13(8-14)9-16(18(21)22)15-6-7-19-11-15/h3-5,8,12,15-16,19H,6-7,9-11H2,1-2H3,(H,21,22)/i3D. The fraction of sp³-hybridized carbons (Fsp3) is 0.556. The molecule has 4 heteroatoms. The number of carboxylic acids is 1. The van der Waals surface area contributed by atoms with Crippen molar-refractivity contribution in [3.63, 3.8) is 0 Å². The van der Waals surface area contributed by atoms with Crippen LogP contribution in [0.4, 0.5) is 0 Å². The Kier molecular flexibility index (Phi) is 5.22. The highest BCUT2D eigenvalue weighted by atomic mass is 16.4. The zero-order chi connectivity index (χ0) is 17.0. The highest BCUT2D eigenvalue weighted by Gasteiger charge is 2.30. The lowest BCUT2D eigenvalue weighted by Crippen LogP contribution is -2.27. The molecule has 1 heterocycles. The summed E-state index contributed by atoms with van der Waals surface area (Å²) in [5.41, 5.74) is 1.64. The van der Waals surface area contributed by atoms with E-state index in [1.807, 2.05) is 19.9 Å². The molecule has 22 heavy (non-hydrogen) atoms. The van der Waals surface area contributed by atoms with Crippen molar-refractivity contribution < 1.29 is 16.1 Å². The Morgan fingerprint density at radius 3 is 2.73 bits per heavy atom. The minimum Gasteiger partial charge on any atom is -0.481 e. The van der Waals surface area contributed by atoms with Gasteiger partial charge in [0.1, 0.15) is 5.78 Å². The molecule has 1 aliphatic heterocycles. The summed E-state index contributed by atoms with van der Waals surface area (Å²) in [6, 6.07) is 5.62. The molecule has 1 saturated heterocycles. The third-order valence-corrected chi connectivity index (χ3v) is 4.37. The average Bonchev–Trinajstić information content (AvgIpc) is 2.97. The van der Waals surface area contributed by atoms with E-state index < -0.39 is 11.9 Å². The normalized spacial score (nSPS) is 20.0. The number of hydrogen-bond acceptors (Lipinski definition) is 3. The first kappa shape index (κ1) is 15.2. The Morgan fingerprint density at radius 1 is 1.41 bits per heavy atom. The van der Waals surface area contributed by atoms with Gasteiger partial charge in [-0.25, -0.2) is 0 Å². The van der Waals surface area contributed by atoms with Crippen molar-refractivity contribution >= 4 is 11.8 Å². The van der Waals surface area contributed by atoms with Gasteiger partial charge < -0.3 is 10.4 Å². The maximum Gasteiger partial charge on any atom is 0.307 e. The fourth-order valence-electron chi connectivity index (χ4n) is 2.93. The molecule has 2 N–H and O–H groups in total. The molecule has 0 spiro atoms. The van der Waals surface area contributed by atoms with Crippen molar-refractivity contribution in [2.45, 2.75) is 33.1 Å². The van der Waals surface area contributed by atoms with Crippen molar-refractivity contribution in [3.05, 3.63) is 35.4 Å². The lowest BCUT2D eigenvalue weighted by Gasteiger charge is -2.19. The fourth-order valence-corrected chi connectivity index (χ4v) is 2.93. The number of aliphatic carboxylic acids is 1. The predicted octanol–water partition coefficient (Wildman–Crippen LogP) is 2.31. The van der Waals surface area contributed by atoms with Crippen LogP contribution in [0.3, 0.4) is 0 Å². The number of hydrogen-bond donors (Lipinski definition) is 2. The van der Waals surface area contributed by atoms with Crippen LogP contribution >= 0.6 is 0 Å². The van der Waals surface area contributed by atoms with Crippen LogP contribution in [0.2, 0.25) is 0 Å². The van der Waals surface area contributed by atoms with Crippen molar-refractivity contribution in [2.75, 3.05) is 13.1 Å². The van der Waals surface area contributed by atoms with Crippen LogP contribution in [-0.4, -0.2) is 29.9 Å². The minimum atomic E-state index is -0.783. The van der Waals surface area contributed by atoms with E-state index in [4.69, 9.17) is 1.37 Å². The molecule has 1 fully saturated rings. The van der Waals surface area contributed by atoms with Crippen LogP contribution in [0.15, 0.2) is 24.2 Å². The summed E-state index contributed by atoms with van der Waals surface area (Å²) < 4.78 is 7.92. The Labute approximate surface area is 133 Å². The maximum absolute atomic E-state index is 11.9. The van der Waals surface area contributed by atoms with Crippen molar-refractivity contribution in [1.82, 2.24) is 5.32 Å². The van der Waals surface area contributed by atoms with Gasteiger partial charge in [-0.15, -0.1) is 0 Å². The monoisotopic (exact) mass is 304 g/mol. The van der Waals surface area contributed by atoms with Crippen molar-refractivity contribution in [2.24, 2.45) is 17.8 Å². The van der Waals surface area contributed by atoms with Gasteiger partial charge in [-0.3, -0.25) is 9.59 Å². The molecule has 1 aliphatic rings. The number of Topliss-reactive ketones (excluding diaryl/α,β-unsaturated/α-hetero) is 1. The van der Waals surface area contributed by atoms with E-state index in [1.165, 1.54) is 0 Å². The number of nitrogens with one attached hydrogen (secondary N) is 1. The average molecular weight is 304 g/mol. The summed E-state index contributed by atoms with van der Waals surface area (Å²) in [6.07, 6.45) is 1.59. The van der Waals surface area contributed by atoms with Gasteiger partial charge in [-0.1, -0.05) is 38.1 Å². The molecule has 0 aliphatic carbocycles. The van der Waals surface area contributed by atoms with Crippen LogP contribution in [0.5, 0.6) is 0 Å². The second-order valence-corrected chi connectivity index (χ2v) is 6.45. The molecule has 120 valence electrons. The van der Waals surface area contributed by atoms with E-state index in [2.05, 4.69) is 5.32 Å². The molecular weight excluding hydrogens is 278 g/mol. The van der Waals surface area contributed by atoms with E-state index in [0.717, 1.165) is 30.6 Å². The van der Waals surface area contributed by atoms with Gasteiger partial charge >= 0.3 is 5.97 Å². The van der Waals surface area contributed by atoms with Gasteiger partial charge in [-0.2, -0.15) is 0 Å². The van der Waals surface area contributed by atoms with Crippen LogP contribution < -0.4 is 5.32 Å². The zero-order valence-corrected chi connectivity index (χ0v) is 13.3. The molecule has 0 amide bonds. The smallest absolute Gasteiger partial charge is 0.307 e. The maximum atomic E-state index is 11.9. The predicted molar refractivity (Wildman–Crippen MR) is 85.8 cm³/mol. The molecule has 2 rings (SSSR count). The van der Waals surface area contributed by atoms with Gasteiger partial charge in [-0.05, 0) is 43.0 Å². The van der Waals surface area contributed by atoms with Crippen LogP contribution in [0.25, 0.3) is 0 Å². The molecule has 0 aromatic heterocycles. The molecule has 2 atom stereocenters.